The number of oxime groups is 1. The third-order valence-corrected chi connectivity index (χ3v) is 7.33. The van der Waals surface area contributed by atoms with Crippen molar-refractivity contribution in [1.29, 1.82) is 0 Å². The van der Waals surface area contributed by atoms with E-state index in [0.29, 0.717) is 18.5 Å². The number of carbonyl (C=O) groups is 1. The van der Waals surface area contributed by atoms with Crippen molar-refractivity contribution in [2.24, 2.45) is 22.4 Å². The Bertz CT molecular complexity index is 1210. The predicted molar refractivity (Wildman–Crippen MR) is 151 cm³/mol. The molecule has 2 atom stereocenters. The highest BCUT2D eigenvalue weighted by atomic mass is 32.2. The van der Waals surface area contributed by atoms with Crippen molar-refractivity contribution in [3.63, 3.8) is 0 Å². The highest BCUT2D eigenvalue weighted by Crippen LogP contribution is 2.43. The van der Waals surface area contributed by atoms with Gasteiger partial charge in [-0.2, -0.15) is 0 Å². The third-order valence-electron chi connectivity index (χ3n) is 5.54. The van der Waals surface area contributed by atoms with Gasteiger partial charge < -0.3 is 32.6 Å². The second-order valence-corrected chi connectivity index (χ2v) is 9.95. The molecular formula is C26H32N6O2S2. The monoisotopic (exact) mass is 524 g/mol. The molecule has 0 spiro atoms. The number of nitrogens with two attached hydrogens (primary N) is 3. The normalized spacial score (nSPS) is 15.5. The van der Waals surface area contributed by atoms with Crippen LogP contribution in [-0.4, -0.2) is 42.0 Å². The van der Waals surface area contributed by atoms with Crippen LogP contribution in [0.15, 0.2) is 87.7 Å². The minimum atomic E-state index is -0.0681. The Hall–Kier alpha value is -3.18. The zero-order chi connectivity index (χ0) is 26.1. The minimum Gasteiger partial charge on any atom is -0.409 e. The summed E-state index contributed by atoms with van der Waals surface area (Å²) < 4.78 is 0. The molecular weight excluding hydrogens is 492 g/mol. The van der Waals surface area contributed by atoms with E-state index in [1.165, 1.54) is 10.6 Å². The second-order valence-electron chi connectivity index (χ2n) is 8.28. The lowest BCUT2D eigenvalue weighted by atomic mass is 10.0. The number of anilines is 2. The molecule has 2 unspecified atom stereocenters. The Morgan fingerprint density at radius 1 is 1.17 bits per heavy atom. The summed E-state index contributed by atoms with van der Waals surface area (Å²) in [5.41, 5.74) is 21.1. The van der Waals surface area contributed by atoms with E-state index in [4.69, 9.17) is 22.4 Å². The number of carbonyl (C=O) groups excluding carboxylic acids is 1. The number of nitrogens with zero attached hydrogens (tertiary/aromatic N) is 2. The molecule has 190 valence electrons. The molecule has 3 aromatic carbocycles. The van der Waals surface area contributed by atoms with E-state index in [9.17, 15) is 4.79 Å². The lowest BCUT2D eigenvalue weighted by Gasteiger charge is -2.27. The van der Waals surface area contributed by atoms with Gasteiger partial charge in [0, 0.05) is 47.1 Å². The SMILES string of the molecule is CN1c2ccccc2SC1C(N)Cc1cccc(/C(N)=N\O)c1.NCCC(=O)Nc1cccc(S)c1. The fourth-order valence-corrected chi connectivity index (χ4v) is 5.31. The van der Waals surface area contributed by atoms with Crippen LogP contribution in [0.25, 0.3) is 0 Å². The Morgan fingerprint density at radius 2 is 1.92 bits per heavy atom. The van der Waals surface area contributed by atoms with E-state index < -0.39 is 0 Å². The predicted octanol–water partition coefficient (Wildman–Crippen LogP) is 3.48. The number of amidine groups is 1. The largest absolute Gasteiger partial charge is 0.409 e. The molecule has 8 nitrogen and oxygen atoms in total. The quantitative estimate of drug-likeness (QED) is 0.0913. The van der Waals surface area contributed by atoms with Gasteiger partial charge in [0.25, 0.3) is 0 Å². The molecule has 10 heteroatoms. The highest BCUT2D eigenvalue weighted by Gasteiger charge is 2.31. The van der Waals surface area contributed by atoms with E-state index in [2.05, 4.69) is 47.2 Å². The molecule has 0 aromatic heterocycles. The Balaban J connectivity index is 0.000000236. The van der Waals surface area contributed by atoms with E-state index in [-0.39, 0.29) is 23.2 Å². The molecule has 0 radical (unpaired) electrons. The summed E-state index contributed by atoms with van der Waals surface area (Å²) in [6.45, 7) is 0.367. The summed E-state index contributed by atoms with van der Waals surface area (Å²) in [5, 5.41) is 14.8. The number of amides is 1. The van der Waals surface area contributed by atoms with E-state index >= 15 is 0 Å². The second kappa shape index (κ2) is 13.2. The van der Waals surface area contributed by atoms with Gasteiger partial charge in [0.2, 0.25) is 5.91 Å². The lowest BCUT2D eigenvalue weighted by Crippen LogP contribution is -2.43. The number of hydrogen-bond acceptors (Lipinski definition) is 8. The van der Waals surface area contributed by atoms with Crippen LogP contribution >= 0.6 is 24.4 Å². The van der Waals surface area contributed by atoms with Crippen molar-refractivity contribution >= 4 is 47.5 Å². The van der Waals surface area contributed by atoms with Gasteiger partial charge in [-0.15, -0.1) is 12.6 Å². The maximum atomic E-state index is 11.1. The van der Waals surface area contributed by atoms with Gasteiger partial charge in [-0.3, -0.25) is 4.79 Å². The lowest BCUT2D eigenvalue weighted by molar-refractivity contribution is -0.116. The Morgan fingerprint density at radius 3 is 2.61 bits per heavy atom. The number of para-hydroxylation sites is 1. The highest BCUT2D eigenvalue weighted by molar-refractivity contribution is 8.00. The smallest absolute Gasteiger partial charge is 0.225 e. The van der Waals surface area contributed by atoms with Crippen molar-refractivity contribution < 1.29 is 10.0 Å². The number of hydrogen-bond donors (Lipinski definition) is 6. The first kappa shape index (κ1) is 27.4. The van der Waals surface area contributed by atoms with Gasteiger partial charge in [0.1, 0.15) is 0 Å². The summed E-state index contributed by atoms with van der Waals surface area (Å²) >= 11 is 5.95. The third kappa shape index (κ3) is 7.41. The zero-order valence-corrected chi connectivity index (χ0v) is 21.8. The number of thiol groups is 1. The van der Waals surface area contributed by atoms with Crippen molar-refractivity contribution in [3.8, 4) is 0 Å². The number of rotatable bonds is 7. The molecule has 8 N–H and O–H groups in total. The Labute approximate surface area is 221 Å². The van der Waals surface area contributed by atoms with E-state index in [0.717, 1.165) is 22.6 Å². The summed E-state index contributed by atoms with van der Waals surface area (Å²) in [7, 11) is 2.08. The van der Waals surface area contributed by atoms with Gasteiger partial charge >= 0.3 is 0 Å². The van der Waals surface area contributed by atoms with Crippen molar-refractivity contribution in [2.45, 2.75) is 34.0 Å². The molecule has 0 saturated carbocycles. The maximum Gasteiger partial charge on any atom is 0.225 e. The zero-order valence-electron chi connectivity index (χ0n) is 20.0. The summed E-state index contributed by atoms with van der Waals surface area (Å²) in [6, 6.07) is 23.2. The van der Waals surface area contributed by atoms with Gasteiger partial charge in [-0.1, -0.05) is 53.3 Å². The van der Waals surface area contributed by atoms with Crippen LogP contribution in [0.1, 0.15) is 17.5 Å². The van der Waals surface area contributed by atoms with Crippen LogP contribution in [0.5, 0.6) is 0 Å². The fraction of sp³-hybridized carbons (Fsp3) is 0.231. The van der Waals surface area contributed by atoms with Gasteiger partial charge in [0.15, 0.2) is 5.84 Å². The van der Waals surface area contributed by atoms with Crippen molar-refractivity contribution in [1.82, 2.24) is 0 Å². The van der Waals surface area contributed by atoms with Gasteiger partial charge in [-0.05, 0) is 48.4 Å². The first-order valence-electron chi connectivity index (χ1n) is 11.4. The first-order chi connectivity index (χ1) is 17.3. The van der Waals surface area contributed by atoms with Crippen LogP contribution in [0, 0.1) is 0 Å². The van der Waals surface area contributed by atoms with E-state index in [1.807, 2.05) is 54.6 Å². The molecule has 1 amide bonds. The molecule has 1 heterocycles. The average molecular weight is 525 g/mol. The van der Waals surface area contributed by atoms with Crippen molar-refractivity contribution in [3.05, 3.63) is 83.9 Å². The molecule has 36 heavy (non-hydrogen) atoms. The summed E-state index contributed by atoms with van der Waals surface area (Å²) in [5.74, 6) is 0.0432. The van der Waals surface area contributed by atoms with Crippen LogP contribution in [0.4, 0.5) is 11.4 Å². The van der Waals surface area contributed by atoms with Crippen LogP contribution in [0.3, 0.4) is 0 Å². The van der Waals surface area contributed by atoms with Crippen LogP contribution in [-0.2, 0) is 11.2 Å². The summed E-state index contributed by atoms with van der Waals surface area (Å²) in [4.78, 5) is 15.4. The molecule has 0 aliphatic carbocycles. The van der Waals surface area contributed by atoms with Gasteiger partial charge in [0.05, 0.1) is 11.1 Å². The molecule has 0 fully saturated rings. The standard InChI is InChI=1S/C17H20N4OS.C9H12N2OS/c1-21-14-7-2-3-8-15(14)23-17(21)13(18)10-11-5-4-6-12(9-11)16(19)20-22;10-5-4-9(12)11-7-2-1-3-8(13)6-7/h2-9,13,17,22H,10,18H2,1H3,(H2,19,20);1-3,6,13H,4-5,10H2,(H,11,12). The molecule has 0 saturated heterocycles. The number of thioether (sulfide) groups is 1. The molecule has 3 aromatic rings. The van der Waals surface area contributed by atoms with Gasteiger partial charge in [-0.25, -0.2) is 0 Å². The maximum absolute atomic E-state index is 11.1. The fourth-order valence-electron chi connectivity index (χ4n) is 3.80. The van der Waals surface area contributed by atoms with Crippen LogP contribution < -0.4 is 27.4 Å². The number of likely N-dealkylation sites (N-methyl/N-ethyl adjacent to an activating group) is 1. The number of benzene rings is 3. The van der Waals surface area contributed by atoms with Crippen molar-refractivity contribution in [2.75, 3.05) is 23.8 Å². The number of fused-ring (bicyclic) bond motifs is 1. The van der Waals surface area contributed by atoms with Crippen LogP contribution in [0.2, 0.25) is 0 Å². The minimum absolute atomic E-state index is 0.0278. The first-order valence-corrected chi connectivity index (χ1v) is 12.7. The molecule has 1 aliphatic heterocycles. The number of nitrogens with one attached hydrogen (secondary N) is 1. The summed E-state index contributed by atoms with van der Waals surface area (Å²) in [6.07, 6.45) is 1.07. The molecule has 1 aliphatic rings. The molecule has 0 bridgehead atoms. The van der Waals surface area contributed by atoms with E-state index in [1.54, 1.807) is 17.8 Å². The Kier molecular flexibility index (Phi) is 10.1. The topological polar surface area (TPSA) is 143 Å². The average Bonchev–Trinajstić information content (AvgIpc) is 3.21. The molecule has 4 rings (SSSR count).